The first kappa shape index (κ1) is 15.3. The molecular weight excluding hydrogens is 273 g/mol. The zero-order chi connectivity index (χ0) is 13.5. The average Bonchev–Trinajstić information content (AvgIpc) is 2.34. The Bertz CT molecular complexity index is 410. The lowest BCUT2D eigenvalue weighted by molar-refractivity contribution is -0.121. The minimum atomic E-state index is -0.0404. The van der Waals surface area contributed by atoms with E-state index < -0.39 is 0 Å². The maximum absolute atomic E-state index is 11.6. The smallest absolute Gasteiger partial charge is 0.220 e. The van der Waals surface area contributed by atoms with Crippen LogP contribution in [0.15, 0.2) is 18.2 Å². The largest absolute Gasteiger partial charge is 0.396 e. The Morgan fingerprint density at radius 2 is 2.17 bits per heavy atom. The lowest BCUT2D eigenvalue weighted by atomic mass is 10.1. The second-order valence-corrected chi connectivity index (χ2v) is 5.17. The van der Waals surface area contributed by atoms with Gasteiger partial charge in [-0.25, -0.2) is 0 Å². The molecule has 1 amide bonds. The minimum Gasteiger partial charge on any atom is -0.396 e. The van der Waals surface area contributed by atoms with Gasteiger partial charge in [0.1, 0.15) is 0 Å². The summed E-state index contributed by atoms with van der Waals surface area (Å²) < 4.78 is 0. The molecule has 0 aromatic heterocycles. The Morgan fingerprint density at radius 1 is 1.44 bits per heavy atom. The predicted octanol–water partition coefficient (Wildman–Crippen LogP) is 2.67. The molecule has 0 fully saturated rings. The molecule has 0 spiro atoms. The van der Waals surface area contributed by atoms with Crippen LogP contribution < -0.4 is 5.32 Å². The number of nitrogens with one attached hydrogen (secondary N) is 1. The summed E-state index contributed by atoms with van der Waals surface area (Å²) in [5, 5.41) is 12.8. The van der Waals surface area contributed by atoms with Crippen LogP contribution in [0.1, 0.15) is 18.9 Å². The van der Waals surface area contributed by atoms with E-state index in [-0.39, 0.29) is 18.4 Å². The highest BCUT2D eigenvalue weighted by molar-refractivity contribution is 6.35. The zero-order valence-electron chi connectivity index (χ0n) is 10.2. The molecule has 1 unspecified atom stereocenters. The molecule has 5 heteroatoms. The number of carbonyl (C=O) groups is 1. The molecule has 2 N–H and O–H groups in total. The Morgan fingerprint density at radius 3 is 2.78 bits per heavy atom. The summed E-state index contributed by atoms with van der Waals surface area (Å²) in [6.45, 7) is 2.43. The van der Waals surface area contributed by atoms with Crippen molar-refractivity contribution < 1.29 is 9.90 Å². The standard InChI is InChI=1S/C13H17Cl2NO2/c1-9(8-17)7-16-13(18)5-3-10-2-4-11(14)6-12(10)15/h2,4,6,9,17H,3,5,7-8H2,1H3,(H,16,18). The van der Waals surface area contributed by atoms with Crippen molar-refractivity contribution in [1.82, 2.24) is 5.32 Å². The second-order valence-electron chi connectivity index (χ2n) is 4.33. The van der Waals surface area contributed by atoms with Gasteiger partial charge in [0.05, 0.1) is 0 Å². The number of benzene rings is 1. The molecule has 100 valence electrons. The highest BCUT2D eigenvalue weighted by atomic mass is 35.5. The van der Waals surface area contributed by atoms with Crippen molar-refractivity contribution >= 4 is 29.1 Å². The summed E-state index contributed by atoms with van der Waals surface area (Å²) in [5.41, 5.74) is 0.909. The van der Waals surface area contributed by atoms with Crippen molar-refractivity contribution in [2.45, 2.75) is 19.8 Å². The molecule has 0 aliphatic carbocycles. The zero-order valence-corrected chi connectivity index (χ0v) is 11.8. The van der Waals surface area contributed by atoms with Gasteiger partial charge in [-0.15, -0.1) is 0 Å². The van der Waals surface area contributed by atoms with E-state index in [9.17, 15) is 4.79 Å². The highest BCUT2D eigenvalue weighted by Crippen LogP contribution is 2.21. The lowest BCUT2D eigenvalue weighted by Crippen LogP contribution is -2.29. The van der Waals surface area contributed by atoms with E-state index in [0.29, 0.717) is 29.4 Å². The van der Waals surface area contributed by atoms with Crippen molar-refractivity contribution in [2.24, 2.45) is 5.92 Å². The topological polar surface area (TPSA) is 49.3 Å². The Balaban J connectivity index is 2.38. The number of hydrogen-bond donors (Lipinski definition) is 2. The van der Waals surface area contributed by atoms with Gasteiger partial charge >= 0.3 is 0 Å². The van der Waals surface area contributed by atoms with E-state index in [1.165, 1.54) is 0 Å². The number of rotatable bonds is 6. The van der Waals surface area contributed by atoms with Crippen molar-refractivity contribution in [3.63, 3.8) is 0 Å². The maximum Gasteiger partial charge on any atom is 0.220 e. The molecule has 0 saturated carbocycles. The van der Waals surface area contributed by atoms with Crippen LogP contribution in [0.25, 0.3) is 0 Å². The van der Waals surface area contributed by atoms with Crippen molar-refractivity contribution in [1.29, 1.82) is 0 Å². The van der Waals surface area contributed by atoms with E-state index in [4.69, 9.17) is 28.3 Å². The van der Waals surface area contributed by atoms with Gasteiger partial charge in [-0.1, -0.05) is 36.2 Å². The van der Waals surface area contributed by atoms with Gasteiger partial charge in [-0.2, -0.15) is 0 Å². The number of aliphatic hydroxyl groups excluding tert-OH is 1. The van der Waals surface area contributed by atoms with Gasteiger partial charge in [-0.05, 0) is 30.0 Å². The van der Waals surface area contributed by atoms with Crippen molar-refractivity contribution in [3.8, 4) is 0 Å². The summed E-state index contributed by atoms with van der Waals surface area (Å²) in [6.07, 6.45) is 0.953. The SMILES string of the molecule is CC(CO)CNC(=O)CCc1ccc(Cl)cc1Cl. The van der Waals surface area contributed by atoms with Crippen LogP contribution in [0.3, 0.4) is 0 Å². The first-order valence-corrected chi connectivity index (χ1v) is 6.60. The highest BCUT2D eigenvalue weighted by Gasteiger charge is 2.07. The number of carbonyl (C=O) groups excluding carboxylic acids is 1. The predicted molar refractivity (Wildman–Crippen MR) is 74.0 cm³/mol. The molecule has 1 aromatic carbocycles. The summed E-state index contributed by atoms with van der Waals surface area (Å²) in [4.78, 5) is 11.6. The minimum absolute atomic E-state index is 0.0404. The van der Waals surface area contributed by atoms with Gasteiger partial charge in [0.15, 0.2) is 0 Å². The normalized spacial score (nSPS) is 12.2. The van der Waals surface area contributed by atoms with Crippen LogP contribution >= 0.6 is 23.2 Å². The summed E-state index contributed by atoms with van der Waals surface area (Å²) in [6, 6.07) is 5.26. The van der Waals surface area contributed by atoms with Crippen LogP contribution in [0.4, 0.5) is 0 Å². The molecule has 0 bridgehead atoms. The van der Waals surface area contributed by atoms with Gasteiger partial charge in [0.25, 0.3) is 0 Å². The monoisotopic (exact) mass is 289 g/mol. The van der Waals surface area contributed by atoms with Gasteiger partial charge in [0, 0.05) is 29.6 Å². The van der Waals surface area contributed by atoms with Crippen LogP contribution in [-0.4, -0.2) is 24.2 Å². The van der Waals surface area contributed by atoms with Crippen LogP contribution in [0, 0.1) is 5.92 Å². The molecule has 18 heavy (non-hydrogen) atoms. The fourth-order valence-electron chi connectivity index (χ4n) is 1.41. The maximum atomic E-state index is 11.6. The molecule has 0 saturated heterocycles. The number of amides is 1. The molecule has 1 aromatic rings. The third-order valence-corrected chi connectivity index (χ3v) is 3.18. The molecule has 3 nitrogen and oxygen atoms in total. The lowest BCUT2D eigenvalue weighted by Gasteiger charge is -2.10. The van der Waals surface area contributed by atoms with E-state index in [2.05, 4.69) is 5.32 Å². The Hall–Kier alpha value is -0.770. The fraction of sp³-hybridized carbons (Fsp3) is 0.462. The second kappa shape index (κ2) is 7.62. The molecular formula is C13H17Cl2NO2. The Kier molecular flexibility index (Phi) is 6.47. The molecule has 0 aliphatic rings. The average molecular weight is 290 g/mol. The van der Waals surface area contributed by atoms with Crippen molar-refractivity contribution in [3.05, 3.63) is 33.8 Å². The number of hydrogen-bond acceptors (Lipinski definition) is 2. The molecule has 0 radical (unpaired) electrons. The van der Waals surface area contributed by atoms with Gasteiger partial charge in [-0.3, -0.25) is 4.79 Å². The molecule has 0 heterocycles. The van der Waals surface area contributed by atoms with Gasteiger partial charge in [0.2, 0.25) is 5.91 Å². The summed E-state index contributed by atoms with van der Waals surface area (Å²) >= 11 is 11.8. The third kappa shape index (κ3) is 5.25. The van der Waals surface area contributed by atoms with Gasteiger partial charge < -0.3 is 10.4 Å². The Labute approximate surface area is 117 Å². The number of halogens is 2. The van der Waals surface area contributed by atoms with E-state index in [1.807, 2.05) is 13.0 Å². The summed E-state index contributed by atoms with van der Waals surface area (Å²) in [7, 11) is 0. The summed E-state index contributed by atoms with van der Waals surface area (Å²) in [5.74, 6) is 0.0365. The molecule has 0 aliphatic heterocycles. The number of aryl methyl sites for hydroxylation is 1. The van der Waals surface area contributed by atoms with E-state index in [1.54, 1.807) is 12.1 Å². The third-order valence-electron chi connectivity index (χ3n) is 2.60. The number of aliphatic hydroxyl groups is 1. The van der Waals surface area contributed by atoms with Crippen molar-refractivity contribution in [2.75, 3.05) is 13.2 Å². The molecule has 1 atom stereocenters. The first-order valence-electron chi connectivity index (χ1n) is 5.84. The molecule has 1 rings (SSSR count). The fourth-order valence-corrected chi connectivity index (χ4v) is 1.92. The van der Waals surface area contributed by atoms with Crippen LogP contribution in [0.5, 0.6) is 0 Å². The van der Waals surface area contributed by atoms with Crippen LogP contribution in [0.2, 0.25) is 10.0 Å². The van der Waals surface area contributed by atoms with E-state index >= 15 is 0 Å². The first-order chi connectivity index (χ1) is 8.52. The van der Waals surface area contributed by atoms with Crippen LogP contribution in [-0.2, 0) is 11.2 Å². The quantitative estimate of drug-likeness (QED) is 0.846. The van der Waals surface area contributed by atoms with E-state index in [0.717, 1.165) is 5.56 Å².